The molecule has 1 saturated carbocycles. The Morgan fingerprint density at radius 3 is 2.24 bits per heavy atom. The van der Waals surface area contributed by atoms with Crippen molar-refractivity contribution in [3.8, 4) is 11.1 Å². The van der Waals surface area contributed by atoms with Crippen LogP contribution in [0.25, 0.3) is 11.1 Å². The van der Waals surface area contributed by atoms with E-state index in [1.165, 1.54) is 16.7 Å². The van der Waals surface area contributed by atoms with E-state index in [4.69, 9.17) is 11.5 Å². The minimum Gasteiger partial charge on any atom is -0.328 e. The summed E-state index contributed by atoms with van der Waals surface area (Å²) >= 11 is 0. The highest BCUT2D eigenvalue weighted by Gasteiger charge is 2.36. The lowest BCUT2D eigenvalue weighted by atomic mass is 9.70. The molecule has 0 radical (unpaired) electrons. The molecule has 3 rings (SSSR count). The molecule has 21 heavy (non-hydrogen) atoms. The zero-order valence-corrected chi connectivity index (χ0v) is 12.6. The van der Waals surface area contributed by atoms with Crippen molar-refractivity contribution in [2.45, 2.75) is 43.7 Å². The van der Waals surface area contributed by atoms with Crippen LogP contribution in [0.15, 0.2) is 54.6 Å². The molecule has 2 aromatic carbocycles. The Hall–Kier alpha value is -1.64. The van der Waals surface area contributed by atoms with Gasteiger partial charge in [0, 0.05) is 17.5 Å². The van der Waals surface area contributed by atoms with Crippen LogP contribution in [0.2, 0.25) is 0 Å². The first kappa shape index (κ1) is 14.3. The van der Waals surface area contributed by atoms with Crippen LogP contribution in [0, 0.1) is 0 Å². The van der Waals surface area contributed by atoms with Crippen LogP contribution in [0.4, 0.5) is 0 Å². The van der Waals surface area contributed by atoms with E-state index in [0.717, 1.165) is 19.3 Å². The highest BCUT2D eigenvalue weighted by Crippen LogP contribution is 2.39. The van der Waals surface area contributed by atoms with Gasteiger partial charge in [-0.2, -0.15) is 0 Å². The third-order valence-corrected chi connectivity index (χ3v) is 4.81. The van der Waals surface area contributed by atoms with E-state index >= 15 is 0 Å². The van der Waals surface area contributed by atoms with E-state index < -0.39 is 0 Å². The summed E-state index contributed by atoms with van der Waals surface area (Å²) in [7, 11) is 0. The number of hydrogen-bond donors (Lipinski definition) is 2. The summed E-state index contributed by atoms with van der Waals surface area (Å²) in [6.45, 7) is 2.16. The van der Waals surface area contributed by atoms with Gasteiger partial charge >= 0.3 is 0 Å². The van der Waals surface area contributed by atoms with Crippen LogP contribution in [0.3, 0.4) is 0 Å². The summed E-state index contributed by atoms with van der Waals surface area (Å²) in [5, 5.41) is 0. The van der Waals surface area contributed by atoms with E-state index in [0.29, 0.717) is 5.92 Å². The Morgan fingerprint density at radius 1 is 0.952 bits per heavy atom. The topological polar surface area (TPSA) is 52.0 Å². The van der Waals surface area contributed by atoms with Gasteiger partial charge in [0.15, 0.2) is 0 Å². The summed E-state index contributed by atoms with van der Waals surface area (Å²) in [4.78, 5) is 0. The Morgan fingerprint density at radius 2 is 1.57 bits per heavy atom. The van der Waals surface area contributed by atoms with E-state index in [-0.39, 0.29) is 11.6 Å². The van der Waals surface area contributed by atoms with Gasteiger partial charge in [0.2, 0.25) is 0 Å². The molecule has 2 aromatic rings. The second-order valence-electron chi connectivity index (χ2n) is 6.58. The molecule has 1 aliphatic carbocycles. The molecule has 2 heteroatoms. The van der Waals surface area contributed by atoms with Crippen LogP contribution < -0.4 is 11.5 Å². The number of nitrogens with two attached hydrogens (primary N) is 2. The fraction of sp³-hybridized carbons (Fsp3) is 0.368. The van der Waals surface area contributed by atoms with Crippen molar-refractivity contribution < 1.29 is 0 Å². The fourth-order valence-corrected chi connectivity index (χ4v) is 3.42. The van der Waals surface area contributed by atoms with Gasteiger partial charge in [0.1, 0.15) is 0 Å². The van der Waals surface area contributed by atoms with E-state index in [1.54, 1.807) is 0 Å². The molecule has 0 aromatic heterocycles. The molecule has 0 heterocycles. The number of hydrogen-bond acceptors (Lipinski definition) is 2. The minimum absolute atomic E-state index is 0.149. The average Bonchev–Trinajstić information content (AvgIpc) is 2.51. The largest absolute Gasteiger partial charge is 0.328 e. The van der Waals surface area contributed by atoms with Crippen LogP contribution in [-0.2, 0) is 0 Å². The predicted molar refractivity (Wildman–Crippen MR) is 89.0 cm³/mol. The molecule has 0 saturated heterocycles. The quantitative estimate of drug-likeness (QED) is 0.882. The number of rotatable bonds is 2. The molecule has 3 unspecified atom stereocenters. The average molecular weight is 280 g/mol. The summed E-state index contributed by atoms with van der Waals surface area (Å²) in [6.07, 6.45) is 3.02. The highest BCUT2D eigenvalue weighted by molar-refractivity contribution is 5.63. The van der Waals surface area contributed by atoms with E-state index in [2.05, 4.69) is 55.5 Å². The van der Waals surface area contributed by atoms with Crippen molar-refractivity contribution in [1.82, 2.24) is 0 Å². The molecule has 1 aliphatic rings. The van der Waals surface area contributed by atoms with E-state index in [9.17, 15) is 0 Å². The van der Waals surface area contributed by atoms with Crippen molar-refractivity contribution in [1.29, 1.82) is 0 Å². The smallest absolute Gasteiger partial charge is 0.0196 e. The van der Waals surface area contributed by atoms with Gasteiger partial charge in [0.05, 0.1) is 0 Å². The normalized spacial score (nSPS) is 29.3. The lowest BCUT2D eigenvalue weighted by Gasteiger charge is -2.41. The third kappa shape index (κ3) is 3.02. The second kappa shape index (κ2) is 5.63. The first-order valence-electron chi connectivity index (χ1n) is 7.76. The molecule has 1 fully saturated rings. The Labute approximate surface area is 127 Å². The van der Waals surface area contributed by atoms with Gasteiger partial charge in [-0.25, -0.2) is 0 Å². The van der Waals surface area contributed by atoms with Crippen molar-refractivity contribution in [3.63, 3.8) is 0 Å². The molecule has 0 aliphatic heterocycles. The fourth-order valence-electron chi connectivity index (χ4n) is 3.42. The van der Waals surface area contributed by atoms with Crippen LogP contribution >= 0.6 is 0 Å². The first-order valence-corrected chi connectivity index (χ1v) is 7.76. The first-order chi connectivity index (χ1) is 10.1. The van der Waals surface area contributed by atoms with Gasteiger partial charge in [0.25, 0.3) is 0 Å². The second-order valence-corrected chi connectivity index (χ2v) is 6.58. The van der Waals surface area contributed by atoms with Gasteiger partial charge in [-0.3, -0.25) is 0 Å². The van der Waals surface area contributed by atoms with Crippen molar-refractivity contribution in [2.24, 2.45) is 11.5 Å². The maximum absolute atomic E-state index is 6.51. The molecule has 0 spiro atoms. The summed E-state index contributed by atoms with van der Waals surface area (Å²) < 4.78 is 0. The van der Waals surface area contributed by atoms with Gasteiger partial charge in [-0.15, -0.1) is 0 Å². The molecular formula is C19H24N2. The lowest BCUT2D eigenvalue weighted by Crippen LogP contribution is -2.49. The Bertz CT molecular complexity index is 587. The maximum atomic E-state index is 6.51. The molecule has 2 nitrogen and oxygen atoms in total. The predicted octanol–water partition coefficient (Wildman–Crippen LogP) is 3.67. The van der Waals surface area contributed by atoms with Crippen molar-refractivity contribution >= 4 is 0 Å². The van der Waals surface area contributed by atoms with Crippen LogP contribution in [0.1, 0.15) is 37.7 Å². The minimum atomic E-state index is -0.149. The molecule has 4 N–H and O–H groups in total. The maximum Gasteiger partial charge on any atom is 0.0196 e. The van der Waals surface area contributed by atoms with Gasteiger partial charge in [-0.05, 0) is 42.9 Å². The molecule has 110 valence electrons. The Balaban J connectivity index is 1.87. The molecule has 3 atom stereocenters. The molecule has 0 bridgehead atoms. The summed E-state index contributed by atoms with van der Waals surface area (Å²) in [6, 6.07) is 19.6. The molecule has 0 amide bonds. The number of benzene rings is 2. The zero-order chi connectivity index (χ0) is 14.9. The Kier molecular flexibility index (Phi) is 3.83. The van der Waals surface area contributed by atoms with Crippen LogP contribution in [-0.4, -0.2) is 11.6 Å². The monoisotopic (exact) mass is 280 g/mol. The third-order valence-electron chi connectivity index (χ3n) is 4.81. The van der Waals surface area contributed by atoms with Crippen LogP contribution in [0.5, 0.6) is 0 Å². The SMILES string of the molecule is CC1(N)CCC(N)CC1c1ccc(-c2ccccc2)cc1. The van der Waals surface area contributed by atoms with Crippen molar-refractivity contribution in [3.05, 3.63) is 60.2 Å². The molecular weight excluding hydrogens is 256 g/mol. The highest BCUT2D eigenvalue weighted by atomic mass is 14.8. The zero-order valence-electron chi connectivity index (χ0n) is 12.6. The standard InChI is InChI=1S/C19H24N2/c1-19(21)12-11-17(20)13-18(19)16-9-7-15(8-10-16)14-5-3-2-4-6-14/h2-10,17-18H,11-13,20-21H2,1H3. The lowest BCUT2D eigenvalue weighted by molar-refractivity contribution is 0.251. The van der Waals surface area contributed by atoms with Gasteiger partial charge < -0.3 is 11.5 Å². The summed E-state index contributed by atoms with van der Waals surface area (Å²) in [5.74, 6) is 0.353. The van der Waals surface area contributed by atoms with E-state index in [1.807, 2.05) is 6.07 Å². The summed E-state index contributed by atoms with van der Waals surface area (Å²) in [5.41, 5.74) is 16.3. The van der Waals surface area contributed by atoms with Gasteiger partial charge in [-0.1, -0.05) is 54.6 Å². The van der Waals surface area contributed by atoms with Crippen molar-refractivity contribution in [2.75, 3.05) is 0 Å².